The number of amides is 1. The molecular formula is C17H22N2O2. The minimum atomic E-state index is -0.0943. The summed E-state index contributed by atoms with van der Waals surface area (Å²) in [6.07, 6.45) is 0.826. The minimum Gasteiger partial charge on any atom is -0.484 e. The molecule has 1 heterocycles. The minimum absolute atomic E-state index is 0.0516. The lowest BCUT2D eigenvalue weighted by atomic mass is 10.2. The van der Waals surface area contributed by atoms with Crippen LogP contribution in [-0.2, 0) is 11.2 Å². The van der Waals surface area contributed by atoms with Crippen LogP contribution in [0.15, 0.2) is 30.3 Å². The molecule has 0 saturated carbocycles. The van der Waals surface area contributed by atoms with Crippen LogP contribution in [0.1, 0.15) is 22.5 Å². The molecule has 0 atom stereocenters. The van der Waals surface area contributed by atoms with Gasteiger partial charge in [-0.1, -0.05) is 18.2 Å². The van der Waals surface area contributed by atoms with E-state index >= 15 is 0 Å². The number of H-pyrrole nitrogens is 1. The summed E-state index contributed by atoms with van der Waals surface area (Å²) in [6, 6.07) is 9.80. The Balaban J connectivity index is 1.73. The molecule has 2 aromatic rings. The van der Waals surface area contributed by atoms with Crippen LogP contribution in [0.25, 0.3) is 0 Å². The third-order valence-corrected chi connectivity index (χ3v) is 3.43. The largest absolute Gasteiger partial charge is 0.484 e. The Morgan fingerprint density at radius 2 is 2.00 bits per heavy atom. The summed E-state index contributed by atoms with van der Waals surface area (Å²) in [5.41, 5.74) is 4.59. The fraction of sp³-hybridized carbons (Fsp3) is 0.353. The summed E-state index contributed by atoms with van der Waals surface area (Å²) in [7, 11) is 0. The average molecular weight is 286 g/mol. The second-order valence-corrected chi connectivity index (χ2v) is 5.26. The Morgan fingerprint density at radius 3 is 2.67 bits per heavy atom. The molecule has 1 amide bonds. The van der Waals surface area contributed by atoms with E-state index in [2.05, 4.69) is 16.4 Å². The summed E-state index contributed by atoms with van der Waals surface area (Å²) >= 11 is 0. The quantitative estimate of drug-likeness (QED) is 0.858. The highest BCUT2D eigenvalue weighted by molar-refractivity contribution is 5.77. The van der Waals surface area contributed by atoms with Crippen LogP contribution in [0, 0.1) is 20.8 Å². The van der Waals surface area contributed by atoms with Gasteiger partial charge in [0.05, 0.1) is 0 Å². The van der Waals surface area contributed by atoms with Gasteiger partial charge in [-0.2, -0.15) is 0 Å². The van der Waals surface area contributed by atoms with Crippen LogP contribution in [0.3, 0.4) is 0 Å². The van der Waals surface area contributed by atoms with Crippen molar-refractivity contribution in [3.05, 3.63) is 52.8 Å². The maximum atomic E-state index is 11.8. The van der Waals surface area contributed by atoms with Crippen molar-refractivity contribution in [2.45, 2.75) is 27.2 Å². The van der Waals surface area contributed by atoms with E-state index < -0.39 is 0 Å². The monoisotopic (exact) mass is 286 g/mol. The smallest absolute Gasteiger partial charge is 0.257 e. The van der Waals surface area contributed by atoms with Crippen LogP contribution < -0.4 is 10.1 Å². The molecule has 0 aliphatic carbocycles. The van der Waals surface area contributed by atoms with Gasteiger partial charge < -0.3 is 15.0 Å². The Hall–Kier alpha value is -2.23. The summed E-state index contributed by atoms with van der Waals surface area (Å²) in [5.74, 6) is 0.660. The van der Waals surface area contributed by atoms with Gasteiger partial charge in [-0.15, -0.1) is 0 Å². The Labute approximate surface area is 125 Å². The number of rotatable bonds is 6. The van der Waals surface area contributed by atoms with Crippen LogP contribution in [0.5, 0.6) is 5.75 Å². The number of aromatic nitrogens is 1. The van der Waals surface area contributed by atoms with Gasteiger partial charge in [-0.05, 0) is 50.5 Å². The third-order valence-electron chi connectivity index (χ3n) is 3.43. The highest BCUT2D eigenvalue weighted by atomic mass is 16.5. The predicted octanol–water partition coefficient (Wildman–Crippen LogP) is 2.68. The van der Waals surface area contributed by atoms with Crippen LogP contribution in [-0.4, -0.2) is 24.0 Å². The van der Waals surface area contributed by atoms with E-state index in [1.807, 2.05) is 45.0 Å². The summed E-state index contributed by atoms with van der Waals surface area (Å²) in [4.78, 5) is 15.0. The zero-order chi connectivity index (χ0) is 15.2. The SMILES string of the molecule is Cc1cc(CCNC(=O)COc2ccccc2C)c(C)[nH]1. The number of nitrogens with one attached hydrogen (secondary N) is 2. The zero-order valence-electron chi connectivity index (χ0n) is 12.8. The van der Waals surface area contributed by atoms with Crippen LogP contribution >= 0.6 is 0 Å². The Bertz CT molecular complexity index is 617. The van der Waals surface area contributed by atoms with Gasteiger partial charge in [0.15, 0.2) is 6.61 Å². The molecule has 0 spiro atoms. The third kappa shape index (κ3) is 4.38. The number of aromatic amines is 1. The molecule has 1 aromatic carbocycles. The van der Waals surface area contributed by atoms with Crippen molar-refractivity contribution in [2.24, 2.45) is 0 Å². The van der Waals surface area contributed by atoms with E-state index in [9.17, 15) is 4.79 Å². The van der Waals surface area contributed by atoms with Crippen LogP contribution in [0.4, 0.5) is 0 Å². The molecule has 0 aliphatic heterocycles. The van der Waals surface area contributed by atoms with Crippen molar-refractivity contribution in [3.63, 3.8) is 0 Å². The highest BCUT2D eigenvalue weighted by Crippen LogP contribution is 2.15. The van der Waals surface area contributed by atoms with E-state index in [1.54, 1.807) is 0 Å². The molecule has 0 aliphatic rings. The van der Waals surface area contributed by atoms with E-state index in [1.165, 1.54) is 5.56 Å². The van der Waals surface area contributed by atoms with Crippen molar-refractivity contribution >= 4 is 5.91 Å². The van der Waals surface area contributed by atoms with E-state index in [0.717, 1.165) is 29.1 Å². The molecule has 21 heavy (non-hydrogen) atoms. The molecule has 0 saturated heterocycles. The van der Waals surface area contributed by atoms with Gasteiger partial charge in [0.25, 0.3) is 5.91 Å². The zero-order valence-corrected chi connectivity index (χ0v) is 12.8. The van der Waals surface area contributed by atoms with Gasteiger partial charge in [0, 0.05) is 17.9 Å². The predicted molar refractivity (Wildman–Crippen MR) is 83.7 cm³/mol. The number of hydrogen-bond acceptors (Lipinski definition) is 2. The molecule has 4 heteroatoms. The average Bonchev–Trinajstić information content (AvgIpc) is 2.76. The fourth-order valence-electron chi connectivity index (χ4n) is 2.29. The topological polar surface area (TPSA) is 54.1 Å². The lowest BCUT2D eigenvalue weighted by Crippen LogP contribution is -2.30. The van der Waals surface area contributed by atoms with Crippen molar-refractivity contribution in [2.75, 3.05) is 13.2 Å². The van der Waals surface area contributed by atoms with Gasteiger partial charge >= 0.3 is 0 Å². The lowest BCUT2D eigenvalue weighted by Gasteiger charge is -2.09. The maximum absolute atomic E-state index is 11.8. The lowest BCUT2D eigenvalue weighted by molar-refractivity contribution is -0.123. The molecule has 0 unspecified atom stereocenters. The first kappa shape index (κ1) is 15.2. The molecule has 1 aromatic heterocycles. The van der Waals surface area contributed by atoms with E-state index in [-0.39, 0.29) is 12.5 Å². The van der Waals surface area contributed by atoms with E-state index in [0.29, 0.717) is 6.54 Å². The first-order valence-corrected chi connectivity index (χ1v) is 7.16. The molecule has 0 bridgehead atoms. The molecule has 0 radical (unpaired) electrons. The number of carbonyl (C=O) groups excluding carboxylic acids is 1. The van der Waals surface area contributed by atoms with Crippen molar-refractivity contribution in [3.8, 4) is 5.75 Å². The van der Waals surface area contributed by atoms with Gasteiger partial charge in [-0.25, -0.2) is 0 Å². The Kier molecular flexibility index (Phi) is 5.04. The van der Waals surface area contributed by atoms with Crippen molar-refractivity contribution < 1.29 is 9.53 Å². The molecule has 2 N–H and O–H groups in total. The number of para-hydroxylation sites is 1. The first-order valence-electron chi connectivity index (χ1n) is 7.16. The van der Waals surface area contributed by atoms with Gasteiger partial charge in [0.1, 0.15) is 5.75 Å². The molecule has 4 nitrogen and oxygen atoms in total. The molecule has 0 fully saturated rings. The molecule has 112 valence electrons. The number of hydrogen-bond donors (Lipinski definition) is 2. The Morgan fingerprint density at radius 1 is 1.24 bits per heavy atom. The number of aryl methyl sites for hydroxylation is 3. The van der Waals surface area contributed by atoms with E-state index in [4.69, 9.17) is 4.74 Å². The summed E-state index contributed by atoms with van der Waals surface area (Å²) < 4.78 is 5.51. The summed E-state index contributed by atoms with van der Waals surface area (Å²) in [5, 5.41) is 2.88. The maximum Gasteiger partial charge on any atom is 0.257 e. The fourth-order valence-corrected chi connectivity index (χ4v) is 2.29. The second-order valence-electron chi connectivity index (χ2n) is 5.26. The second kappa shape index (κ2) is 6.97. The van der Waals surface area contributed by atoms with Crippen molar-refractivity contribution in [1.29, 1.82) is 0 Å². The number of benzene rings is 1. The molecule has 2 rings (SSSR count). The van der Waals surface area contributed by atoms with Gasteiger partial charge in [0.2, 0.25) is 0 Å². The standard InChI is InChI=1S/C17H22N2O2/c1-12-6-4-5-7-16(12)21-11-17(20)18-9-8-15-10-13(2)19-14(15)3/h4-7,10,19H,8-9,11H2,1-3H3,(H,18,20). The summed E-state index contributed by atoms with van der Waals surface area (Å²) in [6.45, 7) is 6.71. The number of ether oxygens (including phenoxy) is 1. The normalized spacial score (nSPS) is 10.4. The first-order chi connectivity index (χ1) is 10.1. The number of carbonyl (C=O) groups is 1. The van der Waals surface area contributed by atoms with Crippen molar-refractivity contribution in [1.82, 2.24) is 10.3 Å². The molecular weight excluding hydrogens is 264 g/mol. The van der Waals surface area contributed by atoms with Gasteiger partial charge in [-0.3, -0.25) is 4.79 Å². The van der Waals surface area contributed by atoms with Crippen LogP contribution in [0.2, 0.25) is 0 Å². The highest BCUT2D eigenvalue weighted by Gasteiger charge is 2.06.